The third kappa shape index (κ3) is 2.87. The zero-order valence-electron chi connectivity index (χ0n) is 11.0. The van der Waals surface area contributed by atoms with E-state index in [-0.39, 0.29) is 12.5 Å². The van der Waals surface area contributed by atoms with E-state index >= 15 is 0 Å². The molecule has 0 aliphatic carbocycles. The van der Waals surface area contributed by atoms with E-state index in [9.17, 15) is 4.79 Å². The Balaban J connectivity index is 1.98. The van der Waals surface area contributed by atoms with Crippen LogP contribution in [0.5, 0.6) is 0 Å². The molecule has 6 nitrogen and oxygen atoms in total. The molecule has 2 unspecified atom stereocenters. The van der Waals surface area contributed by atoms with Gasteiger partial charge in [0.15, 0.2) is 0 Å². The van der Waals surface area contributed by atoms with Gasteiger partial charge in [0, 0.05) is 19.1 Å². The fourth-order valence-electron chi connectivity index (χ4n) is 2.37. The monoisotopic (exact) mass is 251 g/mol. The average molecular weight is 251 g/mol. The number of aromatic nitrogens is 3. The van der Waals surface area contributed by atoms with E-state index in [0.717, 1.165) is 13.0 Å². The van der Waals surface area contributed by atoms with Crippen molar-refractivity contribution >= 4 is 5.91 Å². The topological polar surface area (TPSA) is 77.0 Å². The Morgan fingerprint density at radius 3 is 2.94 bits per heavy atom. The van der Waals surface area contributed by atoms with Crippen molar-refractivity contribution in [1.29, 1.82) is 0 Å². The summed E-state index contributed by atoms with van der Waals surface area (Å²) in [5.74, 6) is 0.697. The van der Waals surface area contributed by atoms with Gasteiger partial charge in [-0.1, -0.05) is 12.1 Å². The first kappa shape index (κ1) is 13.0. The minimum atomic E-state index is 0.113. The minimum absolute atomic E-state index is 0.113. The summed E-state index contributed by atoms with van der Waals surface area (Å²) in [5, 5.41) is 7.79. The van der Waals surface area contributed by atoms with E-state index in [1.165, 1.54) is 6.42 Å². The molecule has 1 aliphatic rings. The largest absolute Gasteiger partial charge is 0.338 e. The van der Waals surface area contributed by atoms with E-state index < -0.39 is 0 Å². The van der Waals surface area contributed by atoms with Gasteiger partial charge in [-0.2, -0.15) is 0 Å². The Labute approximate surface area is 107 Å². The second kappa shape index (κ2) is 5.48. The van der Waals surface area contributed by atoms with Gasteiger partial charge in [0.25, 0.3) is 0 Å². The number of carbonyl (C=O) groups excluding carboxylic acids is 1. The molecule has 1 saturated heterocycles. The summed E-state index contributed by atoms with van der Waals surface area (Å²) in [7, 11) is 0. The fraction of sp³-hybridized carbons (Fsp3) is 0.750. The van der Waals surface area contributed by atoms with Gasteiger partial charge in [0.05, 0.1) is 11.9 Å². The lowest BCUT2D eigenvalue weighted by atomic mass is 9.95. The molecule has 18 heavy (non-hydrogen) atoms. The van der Waals surface area contributed by atoms with Crippen LogP contribution >= 0.6 is 0 Å². The van der Waals surface area contributed by atoms with Crippen molar-refractivity contribution in [2.75, 3.05) is 6.54 Å². The summed E-state index contributed by atoms with van der Waals surface area (Å²) in [6.45, 7) is 5.75. The molecule has 2 N–H and O–H groups in total. The number of nitrogens with two attached hydrogens (primary N) is 1. The fourth-order valence-corrected chi connectivity index (χ4v) is 2.37. The van der Waals surface area contributed by atoms with Crippen LogP contribution in [-0.2, 0) is 17.9 Å². The molecule has 0 aromatic carbocycles. The van der Waals surface area contributed by atoms with Crippen molar-refractivity contribution in [2.45, 2.75) is 45.8 Å². The maximum Gasteiger partial charge on any atom is 0.244 e. The number of likely N-dealkylation sites (tertiary alicyclic amines) is 1. The van der Waals surface area contributed by atoms with Crippen molar-refractivity contribution in [2.24, 2.45) is 11.7 Å². The molecule has 1 aromatic heterocycles. The predicted molar refractivity (Wildman–Crippen MR) is 67.5 cm³/mol. The van der Waals surface area contributed by atoms with E-state index in [0.29, 0.717) is 24.2 Å². The quantitative estimate of drug-likeness (QED) is 0.842. The summed E-state index contributed by atoms with van der Waals surface area (Å²) < 4.78 is 1.57. The molecular formula is C12H21N5O. The summed E-state index contributed by atoms with van der Waals surface area (Å²) in [6, 6.07) is 0.325. The number of hydrogen-bond acceptors (Lipinski definition) is 4. The maximum atomic E-state index is 12.2. The number of carbonyl (C=O) groups is 1. The molecule has 2 heterocycles. The smallest absolute Gasteiger partial charge is 0.244 e. The van der Waals surface area contributed by atoms with Gasteiger partial charge in [-0.25, -0.2) is 4.68 Å². The molecule has 1 fully saturated rings. The van der Waals surface area contributed by atoms with E-state index in [4.69, 9.17) is 5.73 Å². The molecule has 1 amide bonds. The van der Waals surface area contributed by atoms with Crippen LogP contribution in [0.2, 0.25) is 0 Å². The molecule has 1 aliphatic heterocycles. The van der Waals surface area contributed by atoms with Gasteiger partial charge in [0.1, 0.15) is 6.54 Å². The number of nitrogens with zero attached hydrogens (tertiary/aromatic N) is 4. The predicted octanol–water partition coefficient (Wildman–Crippen LogP) is 0.384. The maximum absolute atomic E-state index is 12.2. The van der Waals surface area contributed by atoms with Crippen LogP contribution in [0.15, 0.2) is 6.20 Å². The van der Waals surface area contributed by atoms with Crippen molar-refractivity contribution < 1.29 is 4.79 Å². The lowest BCUT2D eigenvalue weighted by Gasteiger charge is -2.36. The van der Waals surface area contributed by atoms with E-state index in [1.807, 2.05) is 4.90 Å². The number of hydrogen-bond donors (Lipinski definition) is 1. The van der Waals surface area contributed by atoms with Gasteiger partial charge in [0.2, 0.25) is 5.91 Å². The highest BCUT2D eigenvalue weighted by atomic mass is 16.2. The molecule has 1 aromatic rings. The molecule has 0 saturated carbocycles. The zero-order chi connectivity index (χ0) is 13.1. The molecule has 2 rings (SSSR count). The van der Waals surface area contributed by atoms with Gasteiger partial charge in [-0.3, -0.25) is 4.79 Å². The van der Waals surface area contributed by atoms with Crippen LogP contribution in [0.4, 0.5) is 0 Å². The lowest BCUT2D eigenvalue weighted by molar-refractivity contribution is -0.136. The normalized spacial score (nSPS) is 24.3. The first-order chi connectivity index (χ1) is 8.60. The SMILES string of the molecule is CC1CCC(C)N(C(=O)Cn2cc(CN)nn2)C1. The number of amides is 1. The minimum Gasteiger partial charge on any atom is -0.338 e. The molecule has 0 bridgehead atoms. The summed E-state index contributed by atoms with van der Waals surface area (Å²) >= 11 is 0. The molecule has 6 heteroatoms. The third-order valence-corrected chi connectivity index (χ3v) is 3.53. The van der Waals surface area contributed by atoms with Crippen LogP contribution in [-0.4, -0.2) is 38.4 Å². The highest BCUT2D eigenvalue weighted by Gasteiger charge is 2.26. The molecule has 100 valence electrons. The van der Waals surface area contributed by atoms with Crippen LogP contribution < -0.4 is 5.73 Å². The van der Waals surface area contributed by atoms with E-state index in [2.05, 4.69) is 24.2 Å². The third-order valence-electron chi connectivity index (χ3n) is 3.53. The first-order valence-corrected chi connectivity index (χ1v) is 6.48. The highest BCUT2D eigenvalue weighted by Crippen LogP contribution is 2.21. The Morgan fingerprint density at radius 2 is 2.28 bits per heavy atom. The average Bonchev–Trinajstić information content (AvgIpc) is 2.80. The molecule has 2 atom stereocenters. The second-order valence-corrected chi connectivity index (χ2v) is 5.19. The van der Waals surface area contributed by atoms with Crippen LogP contribution in [0.1, 0.15) is 32.4 Å². The molecular weight excluding hydrogens is 230 g/mol. The van der Waals surface area contributed by atoms with Crippen LogP contribution in [0.25, 0.3) is 0 Å². The summed E-state index contributed by atoms with van der Waals surface area (Å²) in [6.07, 6.45) is 4.01. The summed E-state index contributed by atoms with van der Waals surface area (Å²) in [4.78, 5) is 14.2. The molecule has 0 spiro atoms. The standard InChI is InChI=1S/C12H21N5O/c1-9-3-4-10(2)17(6-9)12(18)8-16-7-11(5-13)14-15-16/h7,9-10H,3-6,8,13H2,1-2H3. The Morgan fingerprint density at radius 1 is 1.50 bits per heavy atom. The van der Waals surface area contributed by atoms with Crippen molar-refractivity contribution in [1.82, 2.24) is 19.9 Å². The second-order valence-electron chi connectivity index (χ2n) is 5.19. The van der Waals surface area contributed by atoms with Gasteiger partial charge in [-0.05, 0) is 25.7 Å². The zero-order valence-corrected chi connectivity index (χ0v) is 11.0. The Kier molecular flexibility index (Phi) is 3.96. The van der Waals surface area contributed by atoms with Crippen molar-refractivity contribution in [3.8, 4) is 0 Å². The number of rotatable bonds is 3. The van der Waals surface area contributed by atoms with Crippen molar-refractivity contribution in [3.63, 3.8) is 0 Å². The Bertz CT molecular complexity index is 416. The van der Waals surface area contributed by atoms with Gasteiger partial charge >= 0.3 is 0 Å². The van der Waals surface area contributed by atoms with E-state index in [1.54, 1.807) is 10.9 Å². The van der Waals surface area contributed by atoms with Crippen LogP contribution in [0.3, 0.4) is 0 Å². The highest BCUT2D eigenvalue weighted by molar-refractivity contribution is 5.76. The van der Waals surface area contributed by atoms with Gasteiger partial charge < -0.3 is 10.6 Å². The van der Waals surface area contributed by atoms with Crippen molar-refractivity contribution in [3.05, 3.63) is 11.9 Å². The van der Waals surface area contributed by atoms with Gasteiger partial charge in [-0.15, -0.1) is 5.10 Å². The lowest BCUT2D eigenvalue weighted by Crippen LogP contribution is -2.46. The number of piperidine rings is 1. The molecule has 0 radical (unpaired) electrons. The van der Waals surface area contributed by atoms with Crippen LogP contribution in [0, 0.1) is 5.92 Å². The first-order valence-electron chi connectivity index (χ1n) is 6.48. The Hall–Kier alpha value is -1.43. The summed E-state index contributed by atoms with van der Waals surface area (Å²) in [5.41, 5.74) is 6.18.